The Labute approximate surface area is 47.3 Å². The van der Waals surface area contributed by atoms with Crippen LogP contribution in [-0.2, 0) is 9.78 Å². The maximum atomic E-state index is 5.40. The highest BCUT2D eigenvalue weighted by atomic mass is 35.5. The Morgan fingerprint density at radius 2 is 2.57 bits per heavy atom. The summed E-state index contributed by atoms with van der Waals surface area (Å²) in [7, 11) is 0. The molecule has 1 rings (SSSR count). The summed E-state index contributed by atoms with van der Waals surface area (Å²) in [5, 5.41) is 0. The van der Waals surface area contributed by atoms with E-state index in [4.69, 9.17) is 11.6 Å². The van der Waals surface area contributed by atoms with Crippen LogP contribution in [0, 0.1) is 0 Å². The minimum Gasteiger partial charge on any atom is -0.236 e. The van der Waals surface area contributed by atoms with Crippen molar-refractivity contribution in [3.63, 3.8) is 0 Å². The average molecular weight is 123 g/mol. The third-order valence-electron chi connectivity index (χ3n) is 0.899. The molecule has 1 unspecified atom stereocenters. The summed E-state index contributed by atoms with van der Waals surface area (Å²) >= 11 is 5.40. The number of hydrogen-bond acceptors (Lipinski definition) is 2. The third-order valence-corrected chi connectivity index (χ3v) is 1.24. The van der Waals surface area contributed by atoms with Crippen molar-refractivity contribution >= 4 is 11.6 Å². The summed E-state index contributed by atoms with van der Waals surface area (Å²) in [6.07, 6.45) is 1.07. The summed E-state index contributed by atoms with van der Waals surface area (Å²) in [6.45, 7) is 0.692. The lowest BCUT2D eigenvalue weighted by molar-refractivity contribution is -0.269. The lowest BCUT2D eigenvalue weighted by Crippen LogP contribution is -2.04. The first-order valence-corrected chi connectivity index (χ1v) is 2.81. The van der Waals surface area contributed by atoms with Gasteiger partial charge in [0.2, 0.25) is 0 Å². The Hall–Kier alpha value is 0.210. The molecule has 1 atom stereocenters. The van der Waals surface area contributed by atoms with Crippen molar-refractivity contribution in [1.82, 2.24) is 0 Å². The van der Waals surface area contributed by atoms with E-state index >= 15 is 0 Å². The van der Waals surface area contributed by atoms with Gasteiger partial charge in [0.25, 0.3) is 0 Å². The highest BCUT2D eigenvalue weighted by Gasteiger charge is 2.14. The van der Waals surface area contributed by atoms with Gasteiger partial charge in [-0.2, -0.15) is 0 Å². The standard InChI is InChI=1S/C4H7ClO2/c5-3-4-1-2-6-7-4/h4H,1-3H2. The first-order chi connectivity index (χ1) is 3.43. The van der Waals surface area contributed by atoms with E-state index < -0.39 is 0 Å². The van der Waals surface area contributed by atoms with Crippen molar-refractivity contribution in [2.45, 2.75) is 12.5 Å². The zero-order valence-corrected chi connectivity index (χ0v) is 4.65. The van der Waals surface area contributed by atoms with Crippen LogP contribution in [0.3, 0.4) is 0 Å². The van der Waals surface area contributed by atoms with E-state index in [1.807, 2.05) is 0 Å². The molecule has 3 heteroatoms. The Bertz CT molecular complexity index is 51.7. The third kappa shape index (κ3) is 1.30. The largest absolute Gasteiger partial charge is 0.236 e. The predicted octanol–water partition coefficient (Wildman–Crippen LogP) is 0.946. The molecule has 0 aliphatic carbocycles. The molecule has 2 nitrogen and oxygen atoms in total. The van der Waals surface area contributed by atoms with E-state index in [-0.39, 0.29) is 6.10 Å². The molecule has 0 N–H and O–H groups in total. The van der Waals surface area contributed by atoms with Crippen molar-refractivity contribution < 1.29 is 9.78 Å². The molecule has 0 amide bonds. The van der Waals surface area contributed by atoms with Crippen LogP contribution in [0.25, 0.3) is 0 Å². The van der Waals surface area contributed by atoms with Crippen molar-refractivity contribution in [1.29, 1.82) is 0 Å². The Morgan fingerprint density at radius 3 is 2.86 bits per heavy atom. The first kappa shape index (κ1) is 5.35. The normalized spacial score (nSPS) is 31.3. The molecule has 1 aliphatic rings. The van der Waals surface area contributed by atoms with Crippen LogP contribution in [0.2, 0.25) is 0 Å². The molecule has 1 heterocycles. The van der Waals surface area contributed by atoms with Gasteiger partial charge in [-0.15, -0.1) is 11.6 Å². The molecule has 0 saturated carbocycles. The fraction of sp³-hybridized carbons (Fsp3) is 1.00. The molecule has 0 bridgehead atoms. The van der Waals surface area contributed by atoms with Gasteiger partial charge >= 0.3 is 0 Å². The molecule has 42 valence electrons. The smallest absolute Gasteiger partial charge is 0.109 e. The second-order valence-electron chi connectivity index (χ2n) is 1.48. The Morgan fingerprint density at radius 1 is 1.71 bits per heavy atom. The molecule has 0 radical (unpaired) electrons. The van der Waals surface area contributed by atoms with Crippen LogP contribution in [0.1, 0.15) is 6.42 Å². The lowest BCUT2D eigenvalue weighted by atomic mass is 10.3. The maximum Gasteiger partial charge on any atom is 0.109 e. The van der Waals surface area contributed by atoms with E-state index in [1.165, 1.54) is 0 Å². The van der Waals surface area contributed by atoms with Crippen LogP contribution in [-0.4, -0.2) is 18.6 Å². The summed E-state index contributed by atoms with van der Waals surface area (Å²) < 4.78 is 0. The van der Waals surface area contributed by atoms with Crippen molar-refractivity contribution in [3.05, 3.63) is 0 Å². The molecule has 1 fully saturated rings. The number of alkyl halides is 1. The number of hydrogen-bond donors (Lipinski definition) is 0. The molecule has 0 aromatic heterocycles. The molecule has 7 heavy (non-hydrogen) atoms. The molecular formula is C4H7ClO2. The van der Waals surface area contributed by atoms with Gasteiger partial charge in [0.05, 0.1) is 12.5 Å². The van der Waals surface area contributed by atoms with Gasteiger partial charge < -0.3 is 0 Å². The van der Waals surface area contributed by atoms with Gasteiger partial charge in [0.1, 0.15) is 6.10 Å². The maximum absolute atomic E-state index is 5.40. The van der Waals surface area contributed by atoms with E-state index in [1.54, 1.807) is 0 Å². The van der Waals surface area contributed by atoms with Gasteiger partial charge in [-0.3, -0.25) is 0 Å². The number of rotatable bonds is 1. The summed E-state index contributed by atoms with van der Waals surface area (Å²) in [5.74, 6) is 0.542. The predicted molar refractivity (Wildman–Crippen MR) is 26.2 cm³/mol. The molecule has 0 aromatic rings. The minimum absolute atomic E-state index is 0.140. The zero-order chi connectivity index (χ0) is 5.11. The topological polar surface area (TPSA) is 18.5 Å². The SMILES string of the molecule is ClCC1CCOO1. The van der Waals surface area contributed by atoms with Gasteiger partial charge in [0, 0.05) is 6.42 Å². The second kappa shape index (κ2) is 2.50. The molecule has 0 aromatic carbocycles. The molecule has 1 aliphatic heterocycles. The van der Waals surface area contributed by atoms with Crippen LogP contribution >= 0.6 is 11.6 Å². The monoisotopic (exact) mass is 122 g/mol. The summed E-state index contributed by atoms with van der Waals surface area (Å²) in [5.41, 5.74) is 0. The van der Waals surface area contributed by atoms with Crippen LogP contribution in [0.4, 0.5) is 0 Å². The van der Waals surface area contributed by atoms with E-state index in [2.05, 4.69) is 9.78 Å². The van der Waals surface area contributed by atoms with E-state index in [0.29, 0.717) is 12.5 Å². The fourth-order valence-electron chi connectivity index (χ4n) is 0.475. The van der Waals surface area contributed by atoms with Crippen LogP contribution in [0.15, 0.2) is 0 Å². The average Bonchev–Trinajstić information content (AvgIpc) is 2.14. The highest BCUT2D eigenvalue weighted by molar-refractivity contribution is 6.18. The van der Waals surface area contributed by atoms with Crippen molar-refractivity contribution in [2.75, 3.05) is 12.5 Å². The minimum atomic E-state index is 0.140. The molecular weight excluding hydrogens is 115 g/mol. The highest BCUT2D eigenvalue weighted by Crippen LogP contribution is 2.08. The fourth-order valence-corrected chi connectivity index (χ4v) is 0.681. The van der Waals surface area contributed by atoms with Gasteiger partial charge in [-0.25, -0.2) is 9.78 Å². The first-order valence-electron chi connectivity index (χ1n) is 2.27. The Balaban J connectivity index is 2.14. The second-order valence-corrected chi connectivity index (χ2v) is 1.79. The number of halogens is 1. The summed E-state index contributed by atoms with van der Waals surface area (Å²) in [6, 6.07) is 0. The quantitative estimate of drug-likeness (QED) is 0.381. The lowest BCUT2D eigenvalue weighted by Gasteiger charge is -1.96. The Kier molecular flexibility index (Phi) is 1.91. The summed E-state index contributed by atoms with van der Waals surface area (Å²) in [4.78, 5) is 9.23. The molecule has 1 saturated heterocycles. The van der Waals surface area contributed by atoms with Crippen molar-refractivity contribution in [3.8, 4) is 0 Å². The molecule has 0 spiro atoms. The van der Waals surface area contributed by atoms with Crippen LogP contribution < -0.4 is 0 Å². The van der Waals surface area contributed by atoms with Gasteiger partial charge in [0.15, 0.2) is 0 Å². The van der Waals surface area contributed by atoms with E-state index in [0.717, 1.165) is 6.42 Å². The van der Waals surface area contributed by atoms with Crippen LogP contribution in [0.5, 0.6) is 0 Å². The van der Waals surface area contributed by atoms with E-state index in [9.17, 15) is 0 Å². The zero-order valence-electron chi connectivity index (χ0n) is 3.89. The van der Waals surface area contributed by atoms with Gasteiger partial charge in [-0.1, -0.05) is 0 Å². The van der Waals surface area contributed by atoms with Crippen molar-refractivity contribution in [2.24, 2.45) is 0 Å². The van der Waals surface area contributed by atoms with Gasteiger partial charge in [-0.05, 0) is 0 Å².